The highest BCUT2D eigenvalue weighted by molar-refractivity contribution is 5.88. The Hall–Kier alpha value is -3.47. The van der Waals surface area contributed by atoms with E-state index in [0.717, 1.165) is 38.8 Å². The molecule has 1 amide bonds. The molecule has 0 aliphatic carbocycles. The lowest BCUT2D eigenvalue weighted by Crippen LogP contribution is -2.24. The quantitative estimate of drug-likeness (QED) is 0.540. The molecule has 0 saturated heterocycles. The molecule has 142 valence electrons. The predicted octanol–water partition coefficient (Wildman–Crippen LogP) is 4.46. The SMILES string of the molecule is COc1ccc2cc(CNC(=O)Cc3coc4cc(OC)ccc34)ccc2c1. The molecule has 1 aromatic heterocycles. The number of carbonyl (C=O) groups excluding carboxylic acids is 1. The van der Waals surface area contributed by atoms with Crippen molar-refractivity contribution in [2.45, 2.75) is 13.0 Å². The fraction of sp³-hybridized carbons (Fsp3) is 0.174. The number of methoxy groups -OCH3 is 2. The van der Waals surface area contributed by atoms with Crippen molar-refractivity contribution >= 4 is 27.6 Å². The average Bonchev–Trinajstić information content (AvgIpc) is 3.13. The molecule has 0 atom stereocenters. The second-order valence-electron chi connectivity index (χ2n) is 6.62. The van der Waals surface area contributed by atoms with Crippen LogP contribution in [0, 0.1) is 0 Å². The summed E-state index contributed by atoms with van der Waals surface area (Å²) in [5.74, 6) is 1.51. The first-order chi connectivity index (χ1) is 13.7. The molecular formula is C23H21NO4. The number of hydrogen-bond donors (Lipinski definition) is 1. The molecule has 28 heavy (non-hydrogen) atoms. The second kappa shape index (κ2) is 7.64. The molecule has 0 aliphatic rings. The molecule has 0 spiro atoms. The Morgan fingerprint density at radius 1 is 0.929 bits per heavy atom. The van der Waals surface area contributed by atoms with Gasteiger partial charge in [-0.3, -0.25) is 4.79 Å². The number of nitrogens with one attached hydrogen (secondary N) is 1. The molecule has 0 radical (unpaired) electrons. The van der Waals surface area contributed by atoms with Crippen molar-refractivity contribution < 1.29 is 18.7 Å². The third-order valence-electron chi connectivity index (χ3n) is 4.82. The van der Waals surface area contributed by atoms with E-state index in [1.165, 1.54) is 0 Å². The summed E-state index contributed by atoms with van der Waals surface area (Å²) in [4.78, 5) is 12.4. The molecule has 3 aromatic carbocycles. The van der Waals surface area contributed by atoms with Crippen molar-refractivity contribution in [3.63, 3.8) is 0 Å². The van der Waals surface area contributed by atoms with Crippen LogP contribution >= 0.6 is 0 Å². The highest BCUT2D eigenvalue weighted by atomic mass is 16.5. The molecule has 0 saturated carbocycles. The average molecular weight is 375 g/mol. The fourth-order valence-corrected chi connectivity index (χ4v) is 3.27. The van der Waals surface area contributed by atoms with Crippen LogP contribution in [0.3, 0.4) is 0 Å². The van der Waals surface area contributed by atoms with E-state index in [-0.39, 0.29) is 12.3 Å². The number of ether oxygens (including phenoxy) is 2. The van der Waals surface area contributed by atoms with E-state index < -0.39 is 0 Å². The van der Waals surface area contributed by atoms with E-state index in [2.05, 4.69) is 11.4 Å². The van der Waals surface area contributed by atoms with Crippen molar-refractivity contribution in [2.75, 3.05) is 14.2 Å². The highest BCUT2D eigenvalue weighted by Crippen LogP contribution is 2.26. The largest absolute Gasteiger partial charge is 0.497 e. The third kappa shape index (κ3) is 3.64. The second-order valence-corrected chi connectivity index (χ2v) is 6.62. The Morgan fingerprint density at radius 2 is 1.64 bits per heavy atom. The Morgan fingerprint density at radius 3 is 2.46 bits per heavy atom. The van der Waals surface area contributed by atoms with E-state index in [0.29, 0.717) is 12.1 Å². The molecule has 1 heterocycles. The molecule has 4 aromatic rings. The van der Waals surface area contributed by atoms with Gasteiger partial charge in [-0.05, 0) is 46.7 Å². The predicted molar refractivity (Wildman–Crippen MR) is 109 cm³/mol. The van der Waals surface area contributed by atoms with Gasteiger partial charge in [-0.1, -0.05) is 18.2 Å². The third-order valence-corrected chi connectivity index (χ3v) is 4.82. The van der Waals surface area contributed by atoms with Crippen LogP contribution in [0.2, 0.25) is 0 Å². The lowest BCUT2D eigenvalue weighted by molar-refractivity contribution is -0.120. The number of furan rings is 1. The van der Waals surface area contributed by atoms with Gasteiger partial charge < -0.3 is 19.2 Å². The topological polar surface area (TPSA) is 60.7 Å². The van der Waals surface area contributed by atoms with Gasteiger partial charge >= 0.3 is 0 Å². The van der Waals surface area contributed by atoms with Crippen molar-refractivity contribution in [1.29, 1.82) is 0 Å². The maximum atomic E-state index is 12.4. The summed E-state index contributed by atoms with van der Waals surface area (Å²) >= 11 is 0. The van der Waals surface area contributed by atoms with E-state index in [1.54, 1.807) is 20.5 Å². The highest BCUT2D eigenvalue weighted by Gasteiger charge is 2.11. The van der Waals surface area contributed by atoms with Crippen LogP contribution in [0.1, 0.15) is 11.1 Å². The maximum absolute atomic E-state index is 12.4. The van der Waals surface area contributed by atoms with Crippen molar-refractivity contribution in [3.05, 3.63) is 72.0 Å². The summed E-state index contributed by atoms with van der Waals surface area (Å²) in [6.07, 6.45) is 1.90. The number of amides is 1. The Kier molecular flexibility index (Phi) is 4.89. The fourth-order valence-electron chi connectivity index (χ4n) is 3.27. The lowest BCUT2D eigenvalue weighted by atomic mass is 10.1. The number of benzene rings is 3. The van der Waals surface area contributed by atoms with Gasteiger partial charge in [0.2, 0.25) is 5.91 Å². The monoisotopic (exact) mass is 375 g/mol. The standard InChI is InChI=1S/C23H21NO4/c1-26-19-6-5-16-9-15(3-4-17(16)10-19)13-24-23(25)11-18-14-28-22-12-20(27-2)7-8-21(18)22/h3-10,12,14H,11,13H2,1-2H3,(H,24,25). The minimum absolute atomic E-state index is 0.0478. The van der Waals surface area contributed by atoms with Crippen molar-refractivity contribution in [2.24, 2.45) is 0 Å². The molecule has 0 unspecified atom stereocenters. The van der Waals surface area contributed by atoms with Crippen LogP contribution in [-0.4, -0.2) is 20.1 Å². The van der Waals surface area contributed by atoms with Gasteiger partial charge in [-0.15, -0.1) is 0 Å². The molecule has 4 rings (SSSR count). The minimum Gasteiger partial charge on any atom is -0.497 e. The van der Waals surface area contributed by atoms with Gasteiger partial charge in [-0.2, -0.15) is 0 Å². The smallest absolute Gasteiger partial charge is 0.224 e. The van der Waals surface area contributed by atoms with Crippen LogP contribution in [-0.2, 0) is 17.8 Å². The van der Waals surface area contributed by atoms with Crippen LogP contribution < -0.4 is 14.8 Å². The number of rotatable bonds is 6. The normalized spacial score (nSPS) is 10.9. The number of fused-ring (bicyclic) bond motifs is 2. The maximum Gasteiger partial charge on any atom is 0.224 e. The van der Waals surface area contributed by atoms with Crippen LogP contribution in [0.5, 0.6) is 11.5 Å². The summed E-state index contributed by atoms with van der Waals surface area (Å²) in [7, 11) is 3.27. The first kappa shape index (κ1) is 17.9. The Balaban J connectivity index is 1.42. The lowest BCUT2D eigenvalue weighted by Gasteiger charge is -2.07. The van der Waals surface area contributed by atoms with Gasteiger partial charge in [0, 0.05) is 23.6 Å². The number of carbonyl (C=O) groups is 1. The summed E-state index contributed by atoms with van der Waals surface area (Å²) in [6, 6.07) is 17.7. The number of hydrogen-bond acceptors (Lipinski definition) is 4. The van der Waals surface area contributed by atoms with Crippen molar-refractivity contribution in [3.8, 4) is 11.5 Å². The zero-order chi connectivity index (χ0) is 19.5. The van der Waals surface area contributed by atoms with E-state index >= 15 is 0 Å². The van der Waals surface area contributed by atoms with Crippen LogP contribution in [0.25, 0.3) is 21.7 Å². The van der Waals surface area contributed by atoms with E-state index in [9.17, 15) is 4.79 Å². The van der Waals surface area contributed by atoms with Crippen LogP contribution in [0.4, 0.5) is 0 Å². The first-order valence-electron chi connectivity index (χ1n) is 9.04. The minimum atomic E-state index is -0.0478. The van der Waals surface area contributed by atoms with Gasteiger partial charge in [0.15, 0.2) is 0 Å². The van der Waals surface area contributed by atoms with Crippen LogP contribution in [0.15, 0.2) is 65.3 Å². The summed E-state index contributed by atoms with van der Waals surface area (Å²) in [5, 5.41) is 6.13. The Labute approximate surface area is 162 Å². The molecular weight excluding hydrogens is 354 g/mol. The first-order valence-corrected chi connectivity index (χ1v) is 9.04. The molecule has 1 N–H and O–H groups in total. The zero-order valence-electron chi connectivity index (χ0n) is 15.8. The van der Waals surface area contributed by atoms with E-state index in [4.69, 9.17) is 13.9 Å². The molecule has 5 heteroatoms. The molecule has 0 bridgehead atoms. The molecule has 0 fully saturated rings. The summed E-state index contributed by atoms with van der Waals surface area (Å²) in [5.41, 5.74) is 2.63. The van der Waals surface area contributed by atoms with Gasteiger partial charge in [0.1, 0.15) is 17.1 Å². The zero-order valence-corrected chi connectivity index (χ0v) is 15.8. The van der Waals surface area contributed by atoms with Gasteiger partial charge in [0.05, 0.1) is 26.9 Å². The van der Waals surface area contributed by atoms with Gasteiger partial charge in [0.25, 0.3) is 0 Å². The molecule has 5 nitrogen and oxygen atoms in total. The van der Waals surface area contributed by atoms with Crippen molar-refractivity contribution in [1.82, 2.24) is 5.32 Å². The summed E-state index contributed by atoms with van der Waals surface area (Å²) in [6.45, 7) is 0.477. The van der Waals surface area contributed by atoms with Gasteiger partial charge in [-0.25, -0.2) is 0 Å². The summed E-state index contributed by atoms with van der Waals surface area (Å²) < 4.78 is 16.0. The van der Waals surface area contributed by atoms with E-state index in [1.807, 2.05) is 48.5 Å². The Bertz CT molecular complexity index is 1150. The molecule has 0 aliphatic heterocycles.